The molecule has 1 aromatic carbocycles. The number of rotatable bonds is 4. The molecule has 9 nitrogen and oxygen atoms in total. The van der Waals surface area contributed by atoms with E-state index in [1.54, 1.807) is 30.3 Å². The van der Waals surface area contributed by atoms with Crippen molar-refractivity contribution in [3.8, 4) is 0 Å². The number of anilines is 1. The monoisotopic (exact) mass is 361 g/mol. The van der Waals surface area contributed by atoms with Crippen molar-refractivity contribution in [1.29, 1.82) is 0 Å². The molecule has 4 unspecified atom stereocenters. The molecule has 1 aliphatic heterocycles. The Labute approximate surface area is 148 Å². The lowest BCUT2D eigenvalue weighted by Crippen LogP contribution is -2.43. The number of aliphatic hydroxyl groups is 3. The lowest BCUT2D eigenvalue weighted by atomic mass is 9.99. The van der Waals surface area contributed by atoms with E-state index in [9.17, 15) is 24.9 Å². The third-order valence-electron chi connectivity index (χ3n) is 4.33. The first kappa shape index (κ1) is 18.2. The molecule has 4 atom stereocenters. The smallest absolute Gasteiger partial charge is 0.351 e. The number of ether oxygens (including phenoxy) is 1. The number of nitrogens with one attached hydrogen (secondary N) is 1. The standard InChI is InChI=1S/C17H19N3O6/c1-17(9-21)13(23)12(22)15(26-17)20-8-7-11(19-16(20)25)18-14(24)10-5-3-2-4-6-10/h2-8,12-13,15,21-23H,9H2,1H3,(H,18,19,24,25). The van der Waals surface area contributed by atoms with E-state index >= 15 is 0 Å². The number of benzene rings is 1. The van der Waals surface area contributed by atoms with Crippen LogP contribution in [0.25, 0.3) is 0 Å². The van der Waals surface area contributed by atoms with Crippen molar-refractivity contribution in [2.24, 2.45) is 0 Å². The molecule has 3 rings (SSSR count). The maximum absolute atomic E-state index is 12.3. The number of carbonyl (C=O) groups is 1. The van der Waals surface area contributed by atoms with E-state index < -0.39 is 42.2 Å². The van der Waals surface area contributed by atoms with Crippen LogP contribution in [0, 0.1) is 0 Å². The summed E-state index contributed by atoms with van der Waals surface area (Å²) in [6.45, 7) is 0.892. The van der Waals surface area contributed by atoms with Crippen LogP contribution in [0.4, 0.5) is 5.82 Å². The lowest BCUT2D eigenvalue weighted by molar-refractivity contribution is -0.117. The van der Waals surface area contributed by atoms with Crippen molar-refractivity contribution in [1.82, 2.24) is 9.55 Å². The van der Waals surface area contributed by atoms with Crippen LogP contribution >= 0.6 is 0 Å². The van der Waals surface area contributed by atoms with E-state index in [-0.39, 0.29) is 5.82 Å². The second-order valence-corrected chi connectivity index (χ2v) is 6.24. The molecule has 26 heavy (non-hydrogen) atoms. The molecule has 1 aliphatic rings. The highest BCUT2D eigenvalue weighted by molar-refractivity contribution is 6.03. The van der Waals surface area contributed by atoms with Gasteiger partial charge in [0.2, 0.25) is 0 Å². The molecule has 0 saturated carbocycles. The minimum absolute atomic E-state index is 0.0399. The van der Waals surface area contributed by atoms with Gasteiger partial charge in [-0.3, -0.25) is 9.36 Å². The fraction of sp³-hybridized carbons (Fsp3) is 0.353. The summed E-state index contributed by atoms with van der Waals surface area (Å²) in [6.07, 6.45) is -2.71. The van der Waals surface area contributed by atoms with Crippen LogP contribution < -0.4 is 11.0 Å². The number of carbonyl (C=O) groups excluding carboxylic acids is 1. The normalized spacial score (nSPS) is 28.1. The number of aliphatic hydroxyl groups excluding tert-OH is 3. The topological polar surface area (TPSA) is 134 Å². The van der Waals surface area contributed by atoms with Crippen molar-refractivity contribution in [3.05, 3.63) is 58.6 Å². The average molecular weight is 361 g/mol. The zero-order valence-electron chi connectivity index (χ0n) is 13.9. The van der Waals surface area contributed by atoms with E-state index in [1.807, 2.05) is 0 Å². The molecular formula is C17H19N3O6. The van der Waals surface area contributed by atoms with Gasteiger partial charge >= 0.3 is 5.69 Å². The Morgan fingerprint density at radius 3 is 2.58 bits per heavy atom. The van der Waals surface area contributed by atoms with Gasteiger partial charge in [-0.25, -0.2) is 4.79 Å². The van der Waals surface area contributed by atoms with E-state index in [2.05, 4.69) is 10.3 Å². The molecule has 0 spiro atoms. The summed E-state index contributed by atoms with van der Waals surface area (Å²) >= 11 is 0. The zero-order valence-corrected chi connectivity index (χ0v) is 13.9. The predicted molar refractivity (Wildman–Crippen MR) is 90.5 cm³/mol. The molecule has 1 amide bonds. The van der Waals surface area contributed by atoms with Crippen molar-refractivity contribution in [2.45, 2.75) is 31.0 Å². The summed E-state index contributed by atoms with van der Waals surface area (Å²) in [5.74, 6) is -0.381. The van der Waals surface area contributed by atoms with Gasteiger partial charge in [0, 0.05) is 11.8 Å². The quantitative estimate of drug-likeness (QED) is 0.577. The summed E-state index contributed by atoms with van der Waals surface area (Å²) < 4.78 is 6.46. The maximum Gasteiger partial charge on any atom is 0.351 e. The molecule has 2 heterocycles. The molecular weight excluding hydrogens is 342 g/mol. The highest BCUT2D eigenvalue weighted by Crippen LogP contribution is 2.35. The highest BCUT2D eigenvalue weighted by Gasteiger charge is 2.51. The van der Waals surface area contributed by atoms with E-state index in [0.717, 1.165) is 4.57 Å². The summed E-state index contributed by atoms with van der Waals surface area (Å²) in [6, 6.07) is 9.81. The molecule has 1 saturated heterocycles. The van der Waals surface area contributed by atoms with Crippen molar-refractivity contribution < 1.29 is 24.9 Å². The van der Waals surface area contributed by atoms with E-state index in [1.165, 1.54) is 19.2 Å². The van der Waals surface area contributed by atoms with Gasteiger partial charge in [0.1, 0.15) is 23.6 Å². The third kappa shape index (κ3) is 3.25. The molecule has 4 N–H and O–H groups in total. The number of hydrogen-bond donors (Lipinski definition) is 4. The first-order valence-corrected chi connectivity index (χ1v) is 7.96. The number of amides is 1. The van der Waals surface area contributed by atoms with Crippen LogP contribution in [0.3, 0.4) is 0 Å². The van der Waals surface area contributed by atoms with Gasteiger partial charge in [-0.05, 0) is 25.1 Å². The van der Waals surface area contributed by atoms with Gasteiger partial charge < -0.3 is 25.4 Å². The van der Waals surface area contributed by atoms with E-state index in [4.69, 9.17) is 4.74 Å². The number of nitrogens with zero attached hydrogens (tertiary/aromatic N) is 2. The van der Waals surface area contributed by atoms with Crippen LogP contribution in [0.15, 0.2) is 47.4 Å². The fourth-order valence-electron chi connectivity index (χ4n) is 2.74. The maximum atomic E-state index is 12.3. The molecule has 2 aromatic rings. The summed E-state index contributed by atoms with van der Waals surface area (Å²) in [7, 11) is 0. The van der Waals surface area contributed by atoms with Gasteiger partial charge in [0.25, 0.3) is 5.91 Å². The Kier molecular flexibility index (Phi) is 4.88. The molecule has 0 aliphatic carbocycles. The number of hydrogen-bond acceptors (Lipinski definition) is 7. The van der Waals surface area contributed by atoms with Crippen LogP contribution in [0.1, 0.15) is 23.5 Å². The van der Waals surface area contributed by atoms with Crippen LogP contribution in [-0.4, -0.2) is 55.2 Å². The number of aromatic nitrogens is 2. The van der Waals surface area contributed by atoms with Gasteiger partial charge in [-0.2, -0.15) is 4.98 Å². The first-order valence-electron chi connectivity index (χ1n) is 7.96. The Morgan fingerprint density at radius 1 is 1.31 bits per heavy atom. The SMILES string of the molecule is CC1(CO)OC(n2ccc(NC(=O)c3ccccc3)nc2=O)C(O)C1O. The third-order valence-corrected chi connectivity index (χ3v) is 4.33. The second-order valence-electron chi connectivity index (χ2n) is 6.24. The van der Waals surface area contributed by atoms with E-state index in [0.29, 0.717) is 5.56 Å². The zero-order chi connectivity index (χ0) is 18.9. The Morgan fingerprint density at radius 2 is 2.00 bits per heavy atom. The second kappa shape index (κ2) is 6.96. The molecule has 0 radical (unpaired) electrons. The first-order chi connectivity index (χ1) is 12.4. The van der Waals surface area contributed by atoms with Crippen molar-refractivity contribution >= 4 is 11.7 Å². The highest BCUT2D eigenvalue weighted by atomic mass is 16.6. The summed E-state index contributed by atoms with van der Waals surface area (Å²) in [4.78, 5) is 28.1. The molecule has 1 fully saturated rings. The fourth-order valence-corrected chi connectivity index (χ4v) is 2.74. The lowest BCUT2D eigenvalue weighted by Gasteiger charge is -2.24. The van der Waals surface area contributed by atoms with Crippen LogP contribution in [0.2, 0.25) is 0 Å². The molecule has 138 valence electrons. The van der Waals surface area contributed by atoms with Crippen molar-refractivity contribution in [3.63, 3.8) is 0 Å². The van der Waals surface area contributed by atoms with Gasteiger partial charge in [-0.1, -0.05) is 18.2 Å². The van der Waals surface area contributed by atoms with Crippen molar-refractivity contribution in [2.75, 3.05) is 11.9 Å². The summed E-state index contributed by atoms with van der Waals surface area (Å²) in [5.41, 5.74) is -1.77. The van der Waals surface area contributed by atoms with Gasteiger partial charge in [0.15, 0.2) is 6.23 Å². The Bertz CT molecular complexity index is 855. The minimum atomic E-state index is -1.42. The van der Waals surface area contributed by atoms with Crippen LogP contribution in [-0.2, 0) is 4.74 Å². The van der Waals surface area contributed by atoms with Crippen LogP contribution in [0.5, 0.6) is 0 Å². The Hall–Kier alpha value is -2.59. The Balaban J connectivity index is 1.80. The largest absolute Gasteiger partial charge is 0.393 e. The predicted octanol–water partition coefficient (Wildman–Crippen LogP) is -0.503. The summed E-state index contributed by atoms with van der Waals surface area (Å²) in [5, 5.41) is 32.0. The van der Waals surface area contributed by atoms with Gasteiger partial charge in [0.05, 0.1) is 6.61 Å². The molecule has 9 heteroatoms. The molecule has 1 aromatic heterocycles. The molecule has 0 bridgehead atoms. The minimum Gasteiger partial charge on any atom is -0.393 e. The van der Waals surface area contributed by atoms with Gasteiger partial charge in [-0.15, -0.1) is 0 Å². The average Bonchev–Trinajstić information content (AvgIpc) is 2.87.